The van der Waals surface area contributed by atoms with E-state index in [0.717, 1.165) is 24.6 Å². The van der Waals surface area contributed by atoms with Gasteiger partial charge in [-0.25, -0.2) is 0 Å². The maximum atomic E-state index is 11.0. The fourth-order valence-electron chi connectivity index (χ4n) is 2.65. The number of nitrogens with one attached hydrogen (secondary N) is 1. The summed E-state index contributed by atoms with van der Waals surface area (Å²) in [6, 6.07) is 5.24. The third-order valence-electron chi connectivity index (χ3n) is 3.81. The molecule has 104 valence electrons. The number of hydrogen-bond acceptors (Lipinski definition) is 2. The van der Waals surface area contributed by atoms with Crippen LogP contribution in [0.2, 0.25) is 5.02 Å². The Morgan fingerprint density at radius 3 is 2.68 bits per heavy atom. The van der Waals surface area contributed by atoms with Gasteiger partial charge in [-0.1, -0.05) is 36.9 Å². The highest BCUT2D eigenvalue weighted by Crippen LogP contribution is 2.23. The highest BCUT2D eigenvalue weighted by Gasteiger charge is 2.13. The van der Waals surface area contributed by atoms with Crippen molar-refractivity contribution in [3.63, 3.8) is 0 Å². The van der Waals surface area contributed by atoms with Gasteiger partial charge in [0.15, 0.2) is 0 Å². The molecule has 1 aromatic rings. The van der Waals surface area contributed by atoms with Crippen molar-refractivity contribution >= 4 is 17.5 Å². The summed E-state index contributed by atoms with van der Waals surface area (Å²) >= 11 is 6.15. The van der Waals surface area contributed by atoms with Gasteiger partial charge in [-0.15, -0.1) is 0 Å². The monoisotopic (exact) mass is 280 g/mol. The molecule has 1 aliphatic carbocycles. The van der Waals surface area contributed by atoms with Gasteiger partial charge in [0.2, 0.25) is 5.91 Å². The molecule has 1 saturated carbocycles. The van der Waals surface area contributed by atoms with E-state index in [0.29, 0.717) is 10.6 Å². The number of carbonyl (C=O) groups is 1. The topological polar surface area (TPSA) is 55.1 Å². The van der Waals surface area contributed by atoms with Crippen molar-refractivity contribution in [3.05, 3.63) is 34.3 Å². The van der Waals surface area contributed by atoms with Gasteiger partial charge in [0, 0.05) is 17.1 Å². The first-order valence-corrected chi connectivity index (χ1v) is 7.33. The second-order valence-electron chi connectivity index (χ2n) is 5.31. The van der Waals surface area contributed by atoms with Crippen molar-refractivity contribution in [1.29, 1.82) is 0 Å². The third-order valence-corrected chi connectivity index (χ3v) is 4.16. The van der Waals surface area contributed by atoms with Crippen LogP contribution < -0.4 is 11.1 Å². The number of hydrogen-bond donors (Lipinski definition) is 2. The van der Waals surface area contributed by atoms with Crippen LogP contribution >= 0.6 is 11.6 Å². The molecule has 3 nitrogen and oxygen atoms in total. The van der Waals surface area contributed by atoms with Crippen molar-refractivity contribution in [2.45, 2.75) is 38.6 Å². The summed E-state index contributed by atoms with van der Waals surface area (Å²) in [7, 11) is 0. The van der Waals surface area contributed by atoms with E-state index in [1.165, 1.54) is 32.1 Å². The van der Waals surface area contributed by atoms with Crippen LogP contribution in [-0.2, 0) is 6.54 Å². The summed E-state index contributed by atoms with van der Waals surface area (Å²) in [5.41, 5.74) is 6.69. The van der Waals surface area contributed by atoms with Crippen LogP contribution in [0.3, 0.4) is 0 Å². The molecule has 0 atom stereocenters. The number of benzene rings is 1. The lowest BCUT2D eigenvalue weighted by Gasteiger charge is -2.22. The molecule has 0 bridgehead atoms. The molecule has 0 saturated heterocycles. The van der Waals surface area contributed by atoms with E-state index < -0.39 is 5.91 Å². The minimum absolute atomic E-state index is 0.441. The quantitative estimate of drug-likeness (QED) is 0.871. The Morgan fingerprint density at radius 2 is 2.05 bits per heavy atom. The third kappa shape index (κ3) is 4.22. The average molecular weight is 281 g/mol. The van der Waals surface area contributed by atoms with Gasteiger partial charge in [-0.3, -0.25) is 4.79 Å². The average Bonchev–Trinajstić information content (AvgIpc) is 2.41. The molecule has 4 heteroatoms. The number of primary amides is 1. The van der Waals surface area contributed by atoms with Gasteiger partial charge in [-0.2, -0.15) is 0 Å². The zero-order valence-electron chi connectivity index (χ0n) is 11.1. The molecule has 1 aliphatic rings. The second kappa shape index (κ2) is 6.92. The minimum Gasteiger partial charge on any atom is -0.366 e. The molecule has 0 radical (unpaired) electrons. The summed E-state index contributed by atoms with van der Waals surface area (Å²) in [6.45, 7) is 1.79. The number of amides is 1. The molecule has 1 aromatic carbocycles. The van der Waals surface area contributed by atoms with Gasteiger partial charge in [0.05, 0.1) is 0 Å². The first kappa shape index (κ1) is 14.4. The first-order chi connectivity index (χ1) is 9.16. The van der Waals surface area contributed by atoms with Crippen molar-refractivity contribution in [3.8, 4) is 0 Å². The van der Waals surface area contributed by atoms with Crippen molar-refractivity contribution in [1.82, 2.24) is 5.32 Å². The Balaban J connectivity index is 1.83. The predicted molar refractivity (Wildman–Crippen MR) is 78.3 cm³/mol. The fraction of sp³-hybridized carbons (Fsp3) is 0.533. The van der Waals surface area contributed by atoms with E-state index in [2.05, 4.69) is 5.32 Å². The maximum absolute atomic E-state index is 11.0. The molecule has 0 heterocycles. The molecular weight excluding hydrogens is 260 g/mol. The molecule has 2 rings (SSSR count). The van der Waals surface area contributed by atoms with Crippen LogP contribution in [0.15, 0.2) is 18.2 Å². The normalized spacial score (nSPS) is 16.5. The van der Waals surface area contributed by atoms with Crippen molar-refractivity contribution in [2.75, 3.05) is 6.54 Å². The second-order valence-corrected chi connectivity index (χ2v) is 5.71. The van der Waals surface area contributed by atoms with Crippen LogP contribution in [0.5, 0.6) is 0 Å². The molecule has 0 spiro atoms. The van der Waals surface area contributed by atoms with E-state index in [4.69, 9.17) is 17.3 Å². The van der Waals surface area contributed by atoms with E-state index in [1.807, 2.05) is 6.07 Å². The SMILES string of the molecule is NC(=O)c1ccc(CNCC2CCCCC2)c(Cl)c1. The molecule has 3 N–H and O–H groups in total. The molecule has 1 fully saturated rings. The molecule has 0 unspecified atom stereocenters. The highest BCUT2D eigenvalue weighted by molar-refractivity contribution is 6.31. The molecule has 0 aliphatic heterocycles. The van der Waals surface area contributed by atoms with Crippen LogP contribution in [0.25, 0.3) is 0 Å². The molecule has 19 heavy (non-hydrogen) atoms. The van der Waals surface area contributed by atoms with Crippen LogP contribution in [-0.4, -0.2) is 12.5 Å². The predicted octanol–water partition coefficient (Wildman–Crippen LogP) is 3.11. The van der Waals surface area contributed by atoms with Gasteiger partial charge in [-0.05, 0) is 43.0 Å². The van der Waals surface area contributed by atoms with Gasteiger partial charge in [0.25, 0.3) is 0 Å². The van der Waals surface area contributed by atoms with Crippen LogP contribution in [0.4, 0.5) is 0 Å². The number of rotatable bonds is 5. The zero-order chi connectivity index (χ0) is 13.7. The van der Waals surface area contributed by atoms with Crippen LogP contribution in [0.1, 0.15) is 48.0 Å². The fourth-order valence-corrected chi connectivity index (χ4v) is 2.89. The summed E-state index contributed by atoms with van der Waals surface area (Å²) in [5.74, 6) is 0.362. The Kier molecular flexibility index (Phi) is 5.23. The van der Waals surface area contributed by atoms with Gasteiger partial charge < -0.3 is 11.1 Å². The lowest BCUT2D eigenvalue weighted by molar-refractivity contribution is 0.100. The van der Waals surface area contributed by atoms with Gasteiger partial charge in [0.1, 0.15) is 0 Å². The number of carbonyl (C=O) groups excluding carboxylic acids is 1. The highest BCUT2D eigenvalue weighted by atomic mass is 35.5. The van der Waals surface area contributed by atoms with E-state index in [9.17, 15) is 4.79 Å². The summed E-state index contributed by atoms with van der Waals surface area (Å²) in [4.78, 5) is 11.0. The smallest absolute Gasteiger partial charge is 0.248 e. The Bertz CT molecular complexity index is 442. The largest absolute Gasteiger partial charge is 0.366 e. The molecule has 1 amide bonds. The van der Waals surface area contributed by atoms with E-state index in [1.54, 1.807) is 12.1 Å². The Hall–Kier alpha value is -1.06. The number of halogens is 1. The maximum Gasteiger partial charge on any atom is 0.248 e. The summed E-state index contributed by atoms with van der Waals surface area (Å²) in [5, 5.41) is 4.06. The van der Waals surface area contributed by atoms with E-state index in [-0.39, 0.29) is 0 Å². The number of nitrogens with two attached hydrogens (primary N) is 1. The summed E-state index contributed by atoms with van der Waals surface area (Å²) in [6.07, 6.45) is 6.78. The molecular formula is C15H21ClN2O. The zero-order valence-corrected chi connectivity index (χ0v) is 11.9. The van der Waals surface area contributed by atoms with Gasteiger partial charge >= 0.3 is 0 Å². The first-order valence-electron chi connectivity index (χ1n) is 6.96. The van der Waals surface area contributed by atoms with Crippen LogP contribution in [0, 0.1) is 5.92 Å². The van der Waals surface area contributed by atoms with Crippen molar-refractivity contribution < 1.29 is 4.79 Å². The lowest BCUT2D eigenvalue weighted by Crippen LogP contribution is -2.24. The van der Waals surface area contributed by atoms with E-state index >= 15 is 0 Å². The minimum atomic E-state index is -0.441. The Morgan fingerprint density at radius 1 is 1.32 bits per heavy atom. The Labute approximate surface area is 119 Å². The standard InChI is InChI=1S/C15H21ClN2O/c16-14-8-12(15(17)19)6-7-13(14)10-18-9-11-4-2-1-3-5-11/h6-8,11,18H,1-5,9-10H2,(H2,17,19). The lowest BCUT2D eigenvalue weighted by atomic mass is 9.89. The molecule has 0 aromatic heterocycles. The summed E-state index contributed by atoms with van der Waals surface area (Å²) < 4.78 is 0. The van der Waals surface area contributed by atoms with Crippen molar-refractivity contribution in [2.24, 2.45) is 11.7 Å².